The zero-order valence-corrected chi connectivity index (χ0v) is 13.1. The van der Waals surface area contributed by atoms with E-state index < -0.39 is 27.1 Å². The fourth-order valence-electron chi connectivity index (χ4n) is 2.06. The first-order valence-corrected chi connectivity index (χ1v) is 8.29. The fourth-order valence-corrected chi connectivity index (χ4v) is 3.31. The van der Waals surface area contributed by atoms with E-state index in [9.17, 15) is 23.6 Å². The van der Waals surface area contributed by atoms with E-state index in [4.69, 9.17) is 0 Å². The lowest BCUT2D eigenvalue weighted by molar-refractivity contribution is -0.384. The van der Waals surface area contributed by atoms with Crippen molar-refractivity contribution in [1.82, 2.24) is 4.72 Å². The summed E-state index contributed by atoms with van der Waals surface area (Å²) in [6, 6.07) is 12.5. The average molecular weight is 336 g/mol. The summed E-state index contributed by atoms with van der Waals surface area (Å²) >= 11 is 0. The second-order valence-electron chi connectivity index (χ2n) is 5.02. The van der Waals surface area contributed by atoms with Crippen LogP contribution in [0.3, 0.4) is 0 Å². The van der Waals surface area contributed by atoms with Crippen LogP contribution < -0.4 is 4.72 Å². The van der Waals surface area contributed by atoms with Gasteiger partial charge in [0.15, 0.2) is 0 Å². The Bertz CT molecular complexity index is 775. The summed E-state index contributed by atoms with van der Waals surface area (Å²) in [4.78, 5) is 9.89. The molecular weight excluding hydrogens is 320 g/mol. The highest BCUT2D eigenvalue weighted by atomic mass is 32.2. The van der Waals surface area contributed by atoms with E-state index in [0.29, 0.717) is 5.56 Å². The Labute approximate surface area is 133 Å². The predicted molar refractivity (Wildman–Crippen MR) is 84.3 cm³/mol. The van der Waals surface area contributed by atoms with Crippen LogP contribution in [0.5, 0.6) is 0 Å². The molecule has 0 aliphatic rings. The molecular formula is C15H16N2O5S. The van der Waals surface area contributed by atoms with Gasteiger partial charge in [-0.2, -0.15) is 0 Å². The second kappa shape index (κ2) is 6.86. The van der Waals surface area contributed by atoms with Gasteiger partial charge in [0.1, 0.15) is 0 Å². The molecule has 0 bridgehead atoms. The molecule has 23 heavy (non-hydrogen) atoms. The van der Waals surface area contributed by atoms with E-state index in [2.05, 4.69) is 4.72 Å². The first kappa shape index (κ1) is 17.1. The van der Waals surface area contributed by atoms with E-state index >= 15 is 0 Å². The number of hydrogen-bond donors (Lipinski definition) is 2. The Hall–Kier alpha value is -2.29. The van der Waals surface area contributed by atoms with Crippen LogP contribution in [-0.4, -0.2) is 24.5 Å². The Balaban J connectivity index is 2.15. The van der Waals surface area contributed by atoms with Gasteiger partial charge >= 0.3 is 0 Å². The standard InChI is InChI=1S/C15H16N2O5S/c1-11(15(18)12-5-3-2-4-6-12)16-23(21,22)14-9-7-13(8-10-14)17(19)20/h2-11,15-16,18H,1H3/t11-,15+/m0/s1. The number of aliphatic hydroxyl groups is 1. The van der Waals surface area contributed by atoms with Crippen molar-refractivity contribution in [2.75, 3.05) is 0 Å². The van der Waals surface area contributed by atoms with Gasteiger partial charge < -0.3 is 5.11 Å². The first-order chi connectivity index (χ1) is 10.8. The van der Waals surface area contributed by atoms with Gasteiger partial charge in [-0.05, 0) is 24.6 Å². The summed E-state index contributed by atoms with van der Waals surface area (Å²) in [5.74, 6) is 0. The second-order valence-corrected chi connectivity index (χ2v) is 6.73. The molecule has 2 aromatic rings. The molecule has 122 valence electrons. The predicted octanol–water partition coefficient (Wildman–Crippen LogP) is 2.00. The summed E-state index contributed by atoms with van der Waals surface area (Å²) in [5, 5.41) is 20.8. The van der Waals surface area contributed by atoms with Crippen molar-refractivity contribution in [3.8, 4) is 0 Å². The van der Waals surface area contributed by atoms with Crippen LogP contribution in [0.25, 0.3) is 0 Å². The van der Waals surface area contributed by atoms with Crippen molar-refractivity contribution >= 4 is 15.7 Å². The summed E-state index contributed by atoms with van der Waals surface area (Å²) in [5.41, 5.74) is 0.396. The zero-order chi connectivity index (χ0) is 17.0. The lowest BCUT2D eigenvalue weighted by atomic mass is 10.0. The minimum atomic E-state index is -3.89. The number of nitro groups is 1. The number of nitro benzene ring substituents is 1. The molecule has 0 heterocycles. The van der Waals surface area contributed by atoms with Crippen molar-refractivity contribution < 1.29 is 18.4 Å². The molecule has 2 atom stereocenters. The number of sulfonamides is 1. The van der Waals surface area contributed by atoms with Crippen molar-refractivity contribution in [2.45, 2.75) is 24.0 Å². The Morgan fingerprint density at radius 3 is 2.17 bits per heavy atom. The van der Waals surface area contributed by atoms with E-state index in [-0.39, 0.29) is 10.6 Å². The van der Waals surface area contributed by atoms with Crippen molar-refractivity contribution in [3.05, 3.63) is 70.3 Å². The molecule has 2 N–H and O–H groups in total. The van der Waals surface area contributed by atoms with Gasteiger partial charge in [0.2, 0.25) is 10.0 Å². The van der Waals surface area contributed by atoms with Gasteiger partial charge in [0.25, 0.3) is 5.69 Å². The number of nitrogens with zero attached hydrogens (tertiary/aromatic N) is 1. The quantitative estimate of drug-likeness (QED) is 0.619. The van der Waals surface area contributed by atoms with Gasteiger partial charge in [-0.3, -0.25) is 10.1 Å². The third kappa shape index (κ3) is 4.13. The van der Waals surface area contributed by atoms with E-state index in [1.165, 1.54) is 0 Å². The fraction of sp³-hybridized carbons (Fsp3) is 0.200. The van der Waals surface area contributed by atoms with Gasteiger partial charge in [-0.1, -0.05) is 30.3 Å². The Kier molecular flexibility index (Phi) is 5.09. The molecule has 2 rings (SSSR count). The minimum absolute atomic E-state index is 0.102. The summed E-state index contributed by atoms with van der Waals surface area (Å²) in [6.07, 6.45) is -1.01. The van der Waals surface area contributed by atoms with Crippen LogP contribution >= 0.6 is 0 Å². The van der Waals surface area contributed by atoms with E-state index in [0.717, 1.165) is 24.3 Å². The van der Waals surface area contributed by atoms with Crippen LogP contribution in [-0.2, 0) is 10.0 Å². The zero-order valence-electron chi connectivity index (χ0n) is 12.3. The number of benzene rings is 2. The highest BCUT2D eigenvalue weighted by Gasteiger charge is 2.23. The lowest BCUT2D eigenvalue weighted by Crippen LogP contribution is -2.37. The van der Waals surface area contributed by atoms with Crippen LogP contribution in [0, 0.1) is 10.1 Å². The Morgan fingerprint density at radius 1 is 1.09 bits per heavy atom. The third-order valence-corrected chi connectivity index (χ3v) is 4.89. The molecule has 7 nitrogen and oxygen atoms in total. The van der Waals surface area contributed by atoms with Gasteiger partial charge in [-0.15, -0.1) is 0 Å². The first-order valence-electron chi connectivity index (χ1n) is 6.81. The topological polar surface area (TPSA) is 110 Å². The molecule has 0 amide bonds. The van der Waals surface area contributed by atoms with E-state index in [1.807, 2.05) is 0 Å². The van der Waals surface area contributed by atoms with Crippen LogP contribution in [0.2, 0.25) is 0 Å². The maximum Gasteiger partial charge on any atom is 0.269 e. The molecule has 0 fully saturated rings. The largest absolute Gasteiger partial charge is 0.387 e. The van der Waals surface area contributed by atoms with E-state index in [1.54, 1.807) is 37.3 Å². The maximum absolute atomic E-state index is 12.3. The number of aliphatic hydroxyl groups excluding tert-OH is 1. The molecule has 0 aliphatic heterocycles. The highest BCUT2D eigenvalue weighted by molar-refractivity contribution is 7.89. The highest BCUT2D eigenvalue weighted by Crippen LogP contribution is 2.20. The van der Waals surface area contributed by atoms with Crippen LogP contribution in [0.1, 0.15) is 18.6 Å². The number of nitrogens with one attached hydrogen (secondary N) is 1. The van der Waals surface area contributed by atoms with Gasteiger partial charge in [0.05, 0.1) is 15.9 Å². The van der Waals surface area contributed by atoms with Gasteiger partial charge in [-0.25, -0.2) is 13.1 Å². The monoisotopic (exact) mass is 336 g/mol. The normalized spacial score (nSPS) is 14.2. The lowest BCUT2D eigenvalue weighted by Gasteiger charge is -2.20. The molecule has 8 heteroatoms. The number of hydrogen-bond acceptors (Lipinski definition) is 5. The summed E-state index contributed by atoms with van der Waals surface area (Å²) in [6.45, 7) is 1.54. The number of non-ortho nitro benzene ring substituents is 1. The molecule has 0 saturated heterocycles. The molecule has 0 unspecified atom stereocenters. The SMILES string of the molecule is C[C@H](NS(=O)(=O)c1ccc([N+](=O)[O-])cc1)[C@@H](O)c1ccccc1. The van der Waals surface area contributed by atoms with Crippen molar-refractivity contribution in [2.24, 2.45) is 0 Å². The third-order valence-electron chi connectivity index (χ3n) is 3.31. The molecule has 0 radical (unpaired) electrons. The molecule has 0 saturated carbocycles. The Morgan fingerprint density at radius 2 is 1.65 bits per heavy atom. The smallest absolute Gasteiger partial charge is 0.269 e. The van der Waals surface area contributed by atoms with Crippen molar-refractivity contribution in [3.63, 3.8) is 0 Å². The molecule has 0 spiro atoms. The number of rotatable bonds is 6. The van der Waals surface area contributed by atoms with Gasteiger partial charge in [0, 0.05) is 18.2 Å². The maximum atomic E-state index is 12.3. The molecule has 0 aliphatic carbocycles. The van der Waals surface area contributed by atoms with Crippen LogP contribution in [0.15, 0.2) is 59.5 Å². The average Bonchev–Trinajstić information content (AvgIpc) is 2.54. The van der Waals surface area contributed by atoms with Crippen molar-refractivity contribution in [1.29, 1.82) is 0 Å². The summed E-state index contributed by atoms with van der Waals surface area (Å²) < 4.78 is 26.9. The summed E-state index contributed by atoms with van der Waals surface area (Å²) in [7, 11) is -3.89. The minimum Gasteiger partial charge on any atom is -0.387 e. The molecule has 2 aromatic carbocycles. The molecule has 0 aromatic heterocycles. The van der Waals surface area contributed by atoms with Crippen LogP contribution in [0.4, 0.5) is 5.69 Å².